The second kappa shape index (κ2) is 10.4. The normalized spacial score (nSPS) is 17.3. The first-order valence-electron chi connectivity index (χ1n) is 12.5. The molecular weight excluding hydrogens is 460 g/mol. The van der Waals surface area contributed by atoms with Gasteiger partial charge in [0, 0.05) is 38.3 Å². The molecule has 0 aromatic heterocycles. The van der Waals surface area contributed by atoms with Crippen LogP contribution in [0.1, 0.15) is 36.8 Å². The van der Waals surface area contributed by atoms with Gasteiger partial charge < -0.3 is 25.2 Å². The van der Waals surface area contributed by atoms with Gasteiger partial charge in [-0.3, -0.25) is 14.4 Å². The topological polar surface area (TPSA) is 108 Å². The summed E-state index contributed by atoms with van der Waals surface area (Å²) in [5.74, 6) is -0.538. The van der Waals surface area contributed by atoms with Crippen molar-refractivity contribution in [1.29, 1.82) is 0 Å². The molecule has 36 heavy (non-hydrogen) atoms. The first-order chi connectivity index (χ1) is 17.5. The molecule has 1 saturated heterocycles. The second-order valence-electron chi connectivity index (χ2n) is 9.57. The second-order valence-corrected chi connectivity index (χ2v) is 9.57. The molecule has 0 saturated carbocycles. The number of nitrogens with zero attached hydrogens (tertiary/aromatic N) is 2. The van der Waals surface area contributed by atoms with Gasteiger partial charge in [0.15, 0.2) is 0 Å². The van der Waals surface area contributed by atoms with Crippen molar-refractivity contribution in [3.8, 4) is 5.75 Å². The van der Waals surface area contributed by atoms with Crippen molar-refractivity contribution in [1.82, 2.24) is 10.2 Å². The van der Waals surface area contributed by atoms with Crippen LogP contribution >= 0.6 is 0 Å². The van der Waals surface area contributed by atoms with Gasteiger partial charge in [-0.05, 0) is 73.4 Å². The van der Waals surface area contributed by atoms with E-state index in [0.29, 0.717) is 43.9 Å². The number of rotatable bonds is 4. The Labute approximate surface area is 209 Å². The minimum absolute atomic E-state index is 0.151. The maximum absolute atomic E-state index is 12.5. The third-order valence-electron chi connectivity index (χ3n) is 7.11. The first-order valence-corrected chi connectivity index (χ1v) is 12.5. The number of anilines is 2. The van der Waals surface area contributed by atoms with Gasteiger partial charge in [-0.2, -0.15) is 0 Å². The largest absolute Gasteiger partial charge is 0.415 e. The molecule has 0 bridgehead atoms. The number of aryl methyl sites for hydroxylation is 2. The molecule has 3 aliphatic rings. The highest BCUT2D eigenvalue weighted by molar-refractivity contribution is 6.39. The molecule has 0 unspecified atom stereocenters. The minimum Gasteiger partial charge on any atom is -0.410 e. The van der Waals surface area contributed by atoms with E-state index in [9.17, 15) is 19.2 Å². The summed E-state index contributed by atoms with van der Waals surface area (Å²) in [5.41, 5.74) is 3.66. The lowest BCUT2D eigenvalue weighted by molar-refractivity contribution is -0.136. The van der Waals surface area contributed by atoms with Crippen LogP contribution in [0.15, 0.2) is 42.5 Å². The lowest BCUT2D eigenvalue weighted by atomic mass is 9.91. The average Bonchev–Trinajstić information content (AvgIpc) is 2.90. The van der Waals surface area contributed by atoms with E-state index in [4.69, 9.17) is 4.74 Å². The van der Waals surface area contributed by atoms with E-state index in [1.54, 1.807) is 17.0 Å². The van der Waals surface area contributed by atoms with E-state index in [0.717, 1.165) is 49.0 Å². The molecular formula is C27H30N4O5. The molecule has 3 heterocycles. The van der Waals surface area contributed by atoms with Crippen LogP contribution < -0.4 is 20.3 Å². The zero-order chi connectivity index (χ0) is 25.1. The predicted octanol–water partition coefficient (Wildman–Crippen LogP) is 2.88. The molecule has 5 rings (SSSR count). The number of amides is 4. The Hall–Kier alpha value is -3.88. The van der Waals surface area contributed by atoms with E-state index >= 15 is 0 Å². The number of nitrogens with one attached hydrogen (secondary N) is 2. The summed E-state index contributed by atoms with van der Waals surface area (Å²) in [4.78, 5) is 53.1. The van der Waals surface area contributed by atoms with Crippen LogP contribution in [0, 0.1) is 5.92 Å². The number of ether oxygens (including phenoxy) is 1. The summed E-state index contributed by atoms with van der Waals surface area (Å²) in [6.07, 6.45) is 3.90. The number of para-hydroxylation sites is 1. The van der Waals surface area contributed by atoms with Crippen molar-refractivity contribution >= 4 is 35.2 Å². The summed E-state index contributed by atoms with van der Waals surface area (Å²) >= 11 is 0. The molecule has 188 valence electrons. The standard InChI is InChI=1S/C27H30N4O5/c32-23-9-8-20-16-21(15-19-5-4-12-31(23)24(19)20)29-26(34)25(33)28-17-18-10-13-30(14-11-18)27(35)36-22-6-2-1-3-7-22/h1-3,6-7,15-16,18H,4-5,8-14,17H2,(H,28,33)(H,29,34). The fraction of sp³-hybridized carbons (Fsp3) is 0.407. The SMILES string of the molecule is O=C(NCC1CCN(C(=O)Oc2ccccc2)CC1)C(=O)Nc1cc2c3c(c1)CCC(=O)N3CCC2. The van der Waals surface area contributed by atoms with Crippen LogP contribution in [0.5, 0.6) is 5.75 Å². The third-order valence-corrected chi connectivity index (χ3v) is 7.11. The molecule has 9 heteroatoms. The third kappa shape index (κ3) is 5.19. The highest BCUT2D eigenvalue weighted by Gasteiger charge is 2.30. The number of carbonyl (C=O) groups is 4. The molecule has 2 N–H and O–H groups in total. The van der Waals surface area contributed by atoms with Gasteiger partial charge in [-0.25, -0.2) is 4.79 Å². The highest BCUT2D eigenvalue weighted by Crippen LogP contribution is 2.37. The van der Waals surface area contributed by atoms with Crippen LogP contribution in [-0.2, 0) is 27.2 Å². The highest BCUT2D eigenvalue weighted by atomic mass is 16.6. The maximum atomic E-state index is 12.5. The number of hydrogen-bond donors (Lipinski definition) is 2. The zero-order valence-corrected chi connectivity index (χ0v) is 20.1. The first kappa shape index (κ1) is 23.8. The number of likely N-dealkylation sites (tertiary alicyclic amines) is 1. The summed E-state index contributed by atoms with van der Waals surface area (Å²) in [7, 11) is 0. The van der Waals surface area contributed by atoms with Crippen molar-refractivity contribution in [2.24, 2.45) is 5.92 Å². The maximum Gasteiger partial charge on any atom is 0.415 e. The summed E-state index contributed by atoms with van der Waals surface area (Å²) in [6.45, 7) is 2.19. The Bertz CT molecular complexity index is 1160. The van der Waals surface area contributed by atoms with Gasteiger partial charge in [0.05, 0.1) is 5.69 Å². The van der Waals surface area contributed by atoms with Gasteiger partial charge in [-0.1, -0.05) is 18.2 Å². The minimum atomic E-state index is -0.703. The van der Waals surface area contributed by atoms with Crippen molar-refractivity contribution < 1.29 is 23.9 Å². The summed E-state index contributed by atoms with van der Waals surface area (Å²) < 4.78 is 5.39. The van der Waals surface area contributed by atoms with E-state index in [1.807, 2.05) is 35.2 Å². The molecule has 0 aliphatic carbocycles. The Morgan fingerprint density at radius 3 is 2.39 bits per heavy atom. The van der Waals surface area contributed by atoms with Crippen LogP contribution in [-0.4, -0.2) is 54.9 Å². The Morgan fingerprint density at radius 1 is 0.917 bits per heavy atom. The molecule has 0 spiro atoms. The van der Waals surface area contributed by atoms with Crippen molar-refractivity contribution in [3.63, 3.8) is 0 Å². The fourth-order valence-corrected chi connectivity index (χ4v) is 5.20. The number of benzene rings is 2. The molecule has 2 aromatic rings. The molecule has 2 aromatic carbocycles. The lowest BCUT2D eigenvalue weighted by Gasteiger charge is -2.35. The molecule has 0 radical (unpaired) electrons. The van der Waals surface area contributed by atoms with Crippen LogP contribution in [0.3, 0.4) is 0 Å². The Balaban J connectivity index is 1.09. The molecule has 4 amide bonds. The Kier molecular flexibility index (Phi) is 6.88. The fourth-order valence-electron chi connectivity index (χ4n) is 5.20. The van der Waals surface area contributed by atoms with E-state index in [2.05, 4.69) is 10.6 Å². The van der Waals surface area contributed by atoms with Crippen LogP contribution in [0.2, 0.25) is 0 Å². The zero-order valence-electron chi connectivity index (χ0n) is 20.1. The average molecular weight is 491 g/mol. The van der Waals surface area contributed by atoms with E-state index in [1.165, 1.54) is 0 Å². The smallest absolute Gasteiger partial charge is 0.410 e. The van der Waals surface area contributed by atoms with Crippen molar-refractivity contribution in [2.75, 3.05) is 36.4 Å². The van der Waals surface area contributed by atoms with Gasteiger partial charge in [0.25, 0.3) is 0 Å². The van der Waals surface area contributed by atoms with Gasteiger partial charge >= 0.3 is 17.9 Å². The molecule has 3 aliphatic heterocycles. The predicted molar refractivity (Wildman–Crippen MR) is 134 cm³/mol. The Morgan fingerprint density at radius 2 is 1.64 bits per heavy atom. The van der Waals surface area contributed by atoms with Crippen molar-refractivity contribution in [2.45, 2.75) is 38.5 Å². The lowest BCUT2D eigenvalue weighted by Crippen LogP contribution is -2.44. The monoisotopic (exact) mass is 490 g/mol. The van der Waals surface area contributed by atoms with E-state index < -0.39 is 11.8 Å². The number of piperidine rings is 1. The van der Waals surface area contributed by atoms with Crippen LogP contribution in [0.4, 0.5) is 16.2 Å². The van der Waals surface area contributed by atoms with Gasteiger partial charge in [0.2, 0.25) is 5.91 Å². The van der Waals surface area contributed by atoms with Gasteiger partial charge in [-0.15, -0.1) is 0 Å². The molecule has 0 atom stereocenters. The number of hydrogen-bond acceptors (Lipinski definition) is 5. The van der Waals surface area contributed by atoms with Crippen LogP contribution in [0.25, 0.3) is 0 Å². The summed E-state index contributed by atoms with van der Waals surface area (Å²) in [6, 6.07) is 12.7. The number of carbonyl (C=O) groups excluding carboxylic acids is 4. The van der Waals surface area contributed by atoms with Crippen molar-refractivity contribution in [3.05, 3.63) is 53.6 Å². The molecule has 1 fully saturated rings. The molecule has 9 nitrogen and oxygen atoms in total. The van der Waals surface area contributed by atoms with E-state index in [-0.39, 0.29) is 17.9 Å². The quantitative estimate of drug-likeness (QED) is 0.641. The summed E-state index contributed by atoms with van der Waals surface area (Å²) in [5, 5.41) is 5.46. The van der Waals surface area contributed by atoms with Gasteiger partial charge in [0.1, 0.15) is 5.75 Å².